The van der Waals surface area contributed by atoms with Crippen LogP contribution in [-0.2, 0) is 11.2 Å². The van der Waals surface area contributed by atoms with E-state index in [1.165, 1.54) is 25.3 Å². The number of aliphatic hydroxyl groups is 3. The smallest absolute Gasteiger partial charge is 0.250 e. The summed E-state index contributed by atoms with van der Waals surface area (Å²) < 4.78 is 14.5. The van der Waals surface area contributed by atoms with Crippen molar-refractivity contribution in [2.24, 2.45) is 23.5 Å². The first-order chi connectivity index (χ1) is 16.0. The highest BCUT2D eigenvalue weighted by atomic mass is 19.1. The number of aromatic nitrogens is 1. The molecule has 3 aliphatic rings. The Morgan fingerprint density at radius 1 is 1.18 bits per heavy atom. The third kappa shape index (κ3) is 2.96. The van der Waals surface area contributed by atoms with Crippen LogP contribution in [0.15, 0.2) is 53.3 Å². The minimum Gasteiger partial charge on any atom is -0.512 e. The molecule has 0 bridgehead atoms. The Kier molecular flexibility index (Phi) is 4.80. The van der Waals surface area contributed by atoms with Gasteiger partial charge in [-0.1, -0.05) is 6.07 Å². The molecule has 1 heterocycles. The summed E-state index contributed by atoms with van der Waals surface area (Å²) in [7, 11) is 0. The van der Waals surface area contributed by atoms with Gasteiger partial charge in [-0.15, -0.1) is 0 Å². The van der Waals surface area contributed by atoms with Crippen LogP contribution < -0.4 is 5.73 Å². The Bertz CT molecular complexity index is 1330. The zero-order valence-electron chi connectivity index (χ0n) is 18.2. The minimum absolute atomic E-state index is 0.000142. The van der Waals surface area contributed by atoms with Crippen molar-refractivity contribution < 1.29 is 34.4 Å². The lowest BCUT2D eigenvalue weighted by molar-refractivity contribution is -0.119. The molecule has 0 radical (unpaired) electrons. The maximum absolute atomic E-state index is 14.5. The van der Waals surface area contributed by atoms with E-state index in [0.29, 0.717) is 17.5 Å². The Balaban J connectivity index is 1.68. The van der Waals surface area contributed by atoms with E-state index in [1.807, 2.05) is 0 Å². The molecule has 9 heteroatoms. The third-order valence-electron chi connectivity index (χ3n) is 7.42. The van der Waals surface area contributed by atoms with E-state index in [1.54, 1.807) is 6.07 Å². The number of aliphatic hydroxyl groups excluding tert-OH is 2. The van der Waals surface area contributed by atoms with Gasteiger partial charge in [0.1, 0.15) is 28.7 Å². The van der Waals surface area contributed by atoms with Crippen molar-refractivity contribution in [1.29, 1.82) is 0 Å². The molecule has 0 aliphatic heterocycles. The van der Waals surface area contributed by atoms with Gasteiger partial charge < -0.3 is 26.2 Å². The fourth-order valence-electron chi connectivity index (χ4n) is 6.15. The second kappa shape index (κ2) is 7.39. The summed E-state index contributed by atoms with van der Waals surface area (Å²) in [5, 5.41) is 43.4. The first kappa shape index (κ1) is 22.1. The summed E-state index contributed by atoms with van der Waals surface area (Å²) in [4.78, 5) is 29.3. The Hall–Kier alpha value is -3.72. The molecule has 1 aromatic heterocycles. The van der Waals surface area contributed by atoms with Crippen molar-refractivity contribution in [2.75, 3.05) is 0 Å². The summed E-state index contributed by atoms with van der Waals surface area (Å²) >= 11 is 0. The van der Waals surface area contributed by atoms with Crippen molar-refractivity contribution >= 4 is 11.7 Å². The second-order valence-corrected chi connectivity index (χ2v) is 9.38. The highest BCUT2D eigenvalue weighted by molar-refractivity contribution is 6.14. The van der Waals surface area contributed by atoms with Crippen LogP contribution in [-0.4, -0.2) is 42.7 Å². The molecule has 34 heavy (non-hydrogen) atoms. The van der Waals surface area contributed by atoms with Crippen LogP contribution in [0.25, 0.3) is 11.1 Å². The SMILES string of the molecule is CC1(O)C(C(N)=O)=C(O)CC2CC3Cc4c(-c5ccncc5F)ccc(O)c4C(=O)C3=C(O)C21. The monoisotopic (exact) mass is 466 g/mol. The van der Waals surface area contributed by atoms with Crippen LogP contribution >= 0.6 is 0 Å². The maximum Gasteiger partial charge on any atom is 0.250 e. The summed E-state index contributed by atoms with van der Waals surface area (Å²) in [5.41, 5.74) is 4.13. The molecule has 4 unspecified atom stereocenters. The molecule has 4 atom stereocenters. The summed E-state index contributed by atoms with van der Waals surface area (Å²) in [6.07, 6.45) is 3.04. The van der Waals surface area contributed by atoms with Gasteiger partial charge in [0.2, 0.25) is 0 Å². The van der Waals surface area contributed by atoms with Crippen LogP contribution in [0.4, 0.5) is 4.39 Å². The van der Waals surface area contributed by atoms with E-state index in [-0.39, 0.29) is 52.4 Å². The fraction of sp³-hybridized carbons (Fsp3) is 0.320. The van der Waals surface area contributed by atoms with Gasteiger partial charge in [0.15, 0.2) is 5.78 Å². The van der Waals surface area contributed by atoms with Crippen LogP contribution in [0.5, 0.6) is 5.75 Å². The molecular formula is C25H23FN2O6. The number of rotatable bonds is 2. The van der Waals surface area contributed by atoms with Gasteiger partial charge in [-0.25, -0.2) is 4.39 Å². The van der Waals surface area contributed by atoms with E-state index in [9.17, 15) is 34.4 Å². The molecule has 0 saturated heterocycles. The van der Waals surface area contributed by atoms with Gasteiger partial charge in [0.05, 0.1) is 23.3 Å². The first-order valence-electron chi connectivity index (χ1n) is 10.9. The van der Waals surface area contributed by atoms with E-state index in [2.05, 4.69) is 4.98 Å². The van der Waals surface area contributed by atoms with Gasteiger partial charge in [0, 0.05) is 23.8 Å². The summed E-state index contributed by atoms with van der Waals surface area (Å²) in [5.74, 6) is -5.23. The number of pyridine rings is 1. The Labute approximate surface area is 193 Å². The predicted octanol–water partition coefficient (Wildman–Crippen LogP) is 2.85. The van der Waals surface area contributed by atoms with Gasteiger partial charge in [-0.05, 0) is 54.9 Å². The molecule has 3 aliphatic carbocycles. The number of nitrogens with zero attached hydrogens (tertiary/aromatic N) is 1. The van der Waals surface area contributed by atoms with Gasteiger partial charge in [-0.3, -0.25) is 14.6 Å². The number of amides is 1. The molecule has 5 rings (SSSR count). The molecule has 6 N–H and O–H groups in total. The van der Waals surface area contributed by atoms with Crippen molar-refractivity contribution in [3.05, 3.63) is 70.2 Å². The minimum atomic E-state index is -1.99. The van der Waals surface area contributed by atoms with E-state index in [4.69, 9.17) is 5.73 Å². The van der Waals surface area contributed by atoms with Crippen LogP contribution in [0.1, 0.15) is 35.7 Å². The highest BCUT2D eigenvalue weighted by Gasteiger charge is 2.55. The molecule has 1 aromatic carbocycles. The average molecular weight is 466 g/mol. The van der Waals surface area contributed by atoms with Crippen molar-refractivity contribution in [1.82, 2.24) is 4.98 Å². The van der Waals surface area contributed by atoms with Crippen molar-refractivity contribution in [3.63, 3.8) is 0 Å². The number of hydrogen-bond donors (Lipinski definition) is 5. The van der Waals surface area contributed by atoms with Gasteiger partial charge >= 0.3 is 0 Å². The molecule has 0 saturated carbocycles. The summed E-state index contributed by atoms with van der Waals surface area (Å²) in [6, 6.07) is 4.33. The largest absolute Gasteiger partial charge is 0.512 e. The number of hydrogen-bond acceptors (Lipinski definition) is 7. The number of carbonyl (C=O) groups excluding carboxylic acids is 2. The molecule has 176 valence electrons. The number of Topliss-reactive ketones (excluding diaryl/α,β-unsaturated/α-hetero) is 1. The fourth-order valence-corrected chi connectivity index (χ4v) is 6.15. The number of ketones is 1. The van der Waals surface area contributed by atoms with Crippen LogP contribution in [0.3, 0.4) is 0 Å². The normalized spacial score (nSPS) is 28.3. The Morgan fingerprint density at radius 2 is 1.91 bits per heavy atom. The molecule has 0 fully saturated rings. The lowest BCUT2D eigenvalue weighted by Gasteiger charge is -2.48. The molecule has 0 spiro atoms. The number of benzene rings is 1. The number of carbonyl (C=O) groups is 2. The highest BCUT2D eigenvalue weighted by Crippen LogP contribution is 2.54. The van der Waals surface area contributed by atoms with Gasteiger partial charge in [-0.2, -0.15) is 0 Å². The van der Waals surface area contributed by atoms with Crippen LogP contribution in [0.2, 0.25) is 0 Å². The molecular weight excluding hydrogens is 443 g/mol. The number of phenols is 1. The molecule has 2 aromatic rings. The topological polar surface area (TPSA) is 154 Å². The van der Waals surface area contributed by atoms with E-state index in [0.717, 1.165) is 6.20 Å². The quantitative estimate of drug-likeness (QED) is 0.456. The van der Waals surface area contributed by atoms with E-state index >= 15 is 0 Å². The number of nitrogens with two attached hydrogens (primary N) is 1. The van der Waals surface area contributed by atoms with Crippen LogP contribution in [0, 0.1) is 23.6 Å². The molecule has 8 nitrogen and oxygen atoms in total. The zero-order valence-corrected chi connectivity index (χ0v) is 18.2. The Morgan fingerprint density at radius 3 is 2.59 bits per heavy atom. The number of phenolic OH excluding ortho intramolecular Hbond substituents is 1. The van der Waals surface area contributed by atoms with Crippen molar-refractivity contribution in [2.45, 2.75) is 31.8 Å². The third-order valence-corrected chi connectivity index (χ3v) is 7.42. The second-order valence-electron chi connectivity index (χ2n) is 9.38. The number of primary amides is 1. The van der Waals surface area contributed by atoms with E-state index < -0.39 is 40.9 Å². The zero-order chi connectivity index (χ0) is 24.5. The first-order valence-corrected chi connectivity index (χ1v) is 10.9. The lowest BCUT2D eigenvalue weighted by atomic mass is 9.58. The maximum atomic E-state index is 14.5. The average Bonchev–Trinajstić information content (AvgIpc) is 2.73. The number of allylic oxidation sites excluding steroid dienone is 2. The predicted molar refractivity (Wildman–Crippen MR) is 118 cm³/mol. The number of aromatic hydroxyl groups is 1. The van der Waals surface area contributed by atoms with Gasteiger partial charge in [0.25, 0.3) is 5.91 Å². The molecule has 1 amide bonds. The number of fused-ring (bicyclic) bond motifs is 3. The lowest BCUT2D eigenvalue weighted by Crippen LogP contribution is -2.52. The summed E-state index contributed by atoms with van der Waals surface area (Å²) in [6.45, 7) is 1.28. The standard InChI is InChI=1S/C25H23FN2O6/c1-25(34)20-11(8-17(30)21(25)24(27)33)6-10-7-14-12(13-4-5-28-9-15(13)26)2-3-16(29)19(14)22(31)18(10)23(20)32/h2-5,9-11,20,29-30,32,34H,6-8H2,1H3,(H2,27,33). The van der Waals surface area contributed by atoms with Crippen molar-refractivity contribution in [3.8, 4) is 16.9 Å². The number of halogens is 1.